The molecule has 0 spiro atoms. The van der Waals surface area contributed by atoms with Gasteiger partial charge in [0, 0.05) is 17.2 Å². The van der Waals surface area contributed by atoms with Crippen molar-refractivity contribution in [1.82, 2.24) is 0 Å². The number of aryl methyl sites for hydroxylation is 1. The zero-order valence-corrected chi connectivity index (χ0v) is 9.72. The van der Waals surface area contributed by atoms with Gasteiger partial charge < -0.3 is 10.8 Å². The molecule has 17 heavy (non-hydrogen) atoms. The van der Waals surface area contributed by atoms with Gasteiger partial charge in [-0.25, -0.2) is 0 Å². The van der Waals surface area contributed by atoms with Crippen LogP contribution >= 0.6 is 0 Å². The van der Waals surface area contributed by atoms with E-state index in [0.717, 1.165) is 6.42 Å². The molecule has 0 aromatic heterocycles. The fourth-order valence-corrected chi connectivity index (χ4v) is 2.07. The third-order valence-corrected chi connectivity index (χ3v) is 3.25. The fraction of sp³-hybridized carbons (Fsp3) is 0.500. The number of hydrogen-bond donors (Lipinski definition) is 2. The zero-order valence-electron chi connectivity index (χ0n) is 9.72. The molecule has 0 bridgehead atoms. The third-order valence-electron chi connectivity index (χ3n) is 3.25. The first-order valence-corrected chi connectivity index (χ1v) is 5.73. The van der Waals surface area contributed by atoms with Gasteiger partial charge in [-0.2, -0.15) is 0 Å². The van der Waals surface area contributed by atoms with Gasteiger partial charge in [0.2, 0.25) is 0 Å². The van der Waals surface area contributed by atoms with Gasteiger partial charge in [0.1, 0.15) is 0 Å². The largest absolute Gasteiger partial charge is 0.502 e. The summed E-state index contributed by atoms with van der Waals surface area (Å²) in [7, 11) is 0. The lowest BCUT2D eigenvalue weighted by Gasteiger charge is -2.13. The van der Waals surface area contributed by atoms with Crippen LogP contribution in [0.4, 0.5) is 5.69 Å². The second kappa shape index (κ2) is 4.33. The predicted molar refractivity (Wildman–Crippen MR) is 63.8 cm³/mol. The molecule has 0 radical (unpaired) electrons. The molecule has 3 N–H and O–H groups in total. The Balaban J connectivity index is 2.33. The first-order valence-electron chi connectivity index (χ1n) is 5.73. The van der Waals surface area contributed by atoms with Crippen molar-refractivity contribution in [3.8, 4) is 5.75 Å². The van der Waals surface area contributed by atoms with Crippen molar-refractivity contribution in [3.05, 3.63) is 33.4 Å². The Morgan fingerprint density at radius 3 is 2.76 bits per heavy atom. The Kier molecular flexibility index (Phi) is 3.02. The van der Waals surface area contributed by atoms with Gasteiger partial charge in [0.15, 0.2) is 5.75 Å². The number of phenols is 1. The van der Waals surface area contributed by atoms with Gasteiger partial charge in [-0.05, 0) is 19.3 Å². The van der Waals surface area contributed by atoms with E-state index in [2.05, 4.69) is 0 Å². The topological polar surface area (TPSA) is 89.4 Å². The van der Waals surface area contributed by atoms with E-state index in [0.29, 0.717) is 17.0 Å². The number of benzene rings is 1. The van der Waals surface area contributed by atoms with E-state index in [9.17, 15) is 15.2 Å². The summed E-state index contributed by atoms with van der Waals surface area (Å²) in [5.41, 5.74) is 6.68. The lowest BCUT2D eigenvalue weighted by Crippen LogP contribution is -2.12. The van der Waals surface area contributed by atoms with E-state index in [4.69, 9.17) is 5.73 Å². The van der Waals surface area contributed by atoms with Gasteiger partial charge in [0.25, 0.3) is 0 Å². The van der Waals surface area contributed by atoms with Crippen LogP contribution in [0.3, 0.4) is 0 Å². The molecule has 1 aliphatic rings. The van der Waals surface area contributed by atoms with Gasteiger partial charge in [0.05, 0.1) is 4.92 Å². The fourth-order valence-electron chi connectivity index (χ4n) is 2.07. The Hall–Kier alpha value is -1.62. The number of nitro benzene ring substituents is 1. The Labute approximate surface area is 99.4 Å². The van der Waals surface area contributed by atoms with E-state index in [1.165, 1.54) is 12.8 Å². The van der Waals surface area contributed by atoms with Crippen LogP contribution in [0.15, 0.2) is 12.1 Å². The van der Waals surface area contributed by atoms with Crippen LogP contribution in [0.1, 0.15) is 36.4 Å². The smallest absolute Gasteiger partial charge is 0.313 e. The quantitative estimate of drug-likeness (QED) is 0.620. The molecule has 1 saturated carbocycles. The predicted octanol–water partition coefficient (Wildman–Crippen LogP) is 2.41. The number of hydrogen-bond acceptors (Lipinski definition) is 4. The highest BCUT2D eigenvalue weighted by molar-refractivity contribution is 5.56. The monoisotopic (exact) mass is 236 g/mol. The van der Waals surface area contributed by atoms with E-state index in [1.54, 1.807) is 19.1 Å². The molecular formula is C12H16N2O3. The van der Waals surface area contributed by atoms with Crippen molar-refractivity contribution in [1.29, 1.82) is 0 Å². The first kappa shape index (κ1) is 11.9. The van der Waals surface area contributed by atoms with Crippen LogP contribution in [-0.2, 0) is 0 Å². The summed E-state index contributed by atoms with van der Waals surface area (Å²) in [4.78, 5) is 10.3. The van der Waals surface area contributed by atoms with Crippen molar-refractivity contribution < 1.29 is 10.0 Å². The summed E-state index contributed by atoms with van der Waals surface area (Å²) in [6.45, 7) is 1.61. The normalized spacial score (nSPS) is 16.8. The molecule has 1 atom stereocenters. The average molecular weight is 236 g/mol. The maximum atomic E-state index is 10.9. The van der Waals surface area contributed by atoms with Crippen LogP contribution in [0, 0.1) is 23.0 Å². The lowest BCUT2D eigenvalue weighted by molar-refractivity contribution is -0.386. The number of nitrogens with zero attached hydrogens (tertiary/aromatic N) is 1. The molecular weight excluding hydrogens is 220 g/mol. The van der Waals surface area contributed by atoms with Crippen molar-refractivity contribution in [2.45, 2.75) is 32.2 Å². The number of nitrogens with two attached hydrogens (primary N) is 1. The van der Waals surface area contributed by atoms with E-state index < -0.39 is 4.92 Å². The SMILES string of the molecule is Cc1ccc([C@@H](N)CC2CC2)c(O)c1[N+](=O)[O-]. The second-order valence-electron chi connectivity index (χ2n) is 4.71. The molecule has 0 heterocycles. The van der Waals surface area contributed by atoms with Gasteiger partial charge >= 0.3 is 5.69 Å². The standard InChI is InChI=1S/C12H16N2O3/c1-7-2-5-9(10(13)6-8-3-4-8)12(15)11(7)14(16)17/h2,5,8,10,15H,3-4,6,13H2,1H3/t10-/m0/s1. The highest BCUT2D eigenvalue weighted by atomic mass is 16.6. The zero-order chi connectivity index (χ0) is 12.6. The first-order chi connectivity index (χ1) is 8.00. The molecule has 0 saturated heterocycles. The molecule has 5 nitrogen and oxygen atoms in total. The van der Waals surface area contributed by atoms with Crippen LogP contribution in [0.25, 0.3) is 0 Å². The van der Waals surface area contributed by atoms with Crippen molar-refractivity contribution in [3.63, 3.8) is 0 Å². The van der Waals surface area contributed by atoms with Crippen LogP contribution in [0.2, 0.25) is 0 Å². The minimum Gasteiger partial charge on any atom is -0.502 e. The number of nitro groups is 1. The summed E-state index contributed by atoms with van der Waals surface area (Å²) >= 11 is 0. The molecule has 2 rings (SSSR count). The minimum absolute atomic E-state index is 0.228. The number of rotatable bonds is 4. The molecule has 92 valence electrons. The molecule has 1 aromatic carbocycles. The average Bonchev–Trinajstić information content (AvgIpc) is 3.00. The Morgan fingerprint density at radius 2 is 2.24 bits per heavy atom. The summed E-state index contributed by atoms with van der Waals surface area (Å²) in [6.07, 6.45) is 3.12. The van der Waals surface area contributed by atoms with E-state index in [1.807, 2.05) is 0 Å². The Bertz CT molecular complexity index is 455. The molecule has 1 aromatic rings. The maximum Gasteiger partial charge on any atom is 0.313 e. The summed E-state index contributed by atoms with van der Waals surface area (Å²) in [5, 5.41) is 20.8. The van der Waals surface area contributed by atoms with Crippen molar-refractivity contribution in [2.75, 3.05) is 0 Å². The highest BCUT2D eigenvalue weighted by Gasteiger charge is 2.28. The highest BCUT2D eigenvalue weighted by Crippen LogP contribution is 2.41. The summed E-state index contributed by atoms with van der Waals surface area (Å²) in [5.74, 6) is 0.341. The number of aromatic hydroxyl groups is 1. The molecule has 0 unspecified atom stereocenters. The second-order valence-corrected chi connectivity index (χ2v) is 4.71. The van der Waals surface area contributed by atoms with Gasteiger partial charge in [-0.3, -0.25) is 10.1 Å². The maximum absolute atomic E-state index is 10.9. The van der Waals surface area contributed by atoms with E-state index in [-0.39, 0.29) is 17.5 Å². The summed E-state index contributed by atoms with van der Waals surface area (Å²) < 4.78 is 0. The molecule has 1 fully saturated rings. The van der Waals surface area contributed by atoms with Crippen LogP contribution < -0.4 is 5.73 Å². The number of phenolic OH excluding ortho intramolecular Hbond substituents is 1. The Morgan fingerprint density at radius 1 is 1.59 bits per heavy atom. The van der Waals surface area contributed by atoms with E-state index >= 15 is 0 Å². The van der Waals surface area contributed by atoms with Crippen LogP contribution in [0.5, 0.6) is 5.75 Å². The minimum atomic E-state index is -0.558. The molecule has 0 aliphatic heterocycles. The van der Waals surface area contributed by atoms with Crippen LogP contribution in [-0.4, -0.2) is 10.0 Å². The van der Waals surface area contributed by atoms with Gasteiger partial charge in [-0.1, -0.05) is 25.0 Å². The molecule has 5 heteroatoms. The van der Waals surface area contributed by atoms with Crippen molar-refractivity contribution >= 4 is 5.69 Å². The molecule has 1 aliphatic carbocycles. The van der Waals surface area contributed by atoms with Gasteiger partial charge in [-0.15, -0.1) is 0 Å². The lowest BCUT2D eigenvalue weighted by atomic mass is 9.98. The summed E-state index contributed by atoms with van der Waals surface area (Å²) in [6, 6.07) is 3.01. The third kappa shape index (κ3) is 2.39. The van der Waals surface area contributed by atoms with Crippen molar-refractivity contribution in [2.24, 2.45) is 11.7 Å². The molecule has 0 amide bonds.